The van der Waals surface area contributed by atoms with Gasteiger partial charge in [0.05, 0.1) is 23.4 Å². The van der Waals surface area contributed by atoms with E-state index in [9.17, 15) is 14.9 Å². The van der Waals surface area contributed by atoms with Crippen molar-refractivity contribution in [2.75, 3.05) is 26.3 Å². The maximum atomic E-state index is 13.6. The minimum absolute atomic E-state index is 0.0531. The monoisotopic (exact) mass is 493 g/mol. The van der Waals surface area contributed by atoms with Gasteiger partial charge in [-0.2, -0.15) is 5.26 Å². The second kappa shape index (κ2) is 10.4. The van der Waals surface area contributed by atoms with Crippen molar-refractivity contribution in [3.8, 4) is 11.8 Å². The van der Waals surface area contributed by atoms with Gasteiger partial charge in [0.15, 0.2) is 5.57 Å². The Morgan fingerprint density at radius 3 is 2.50 bits per heavy atom. The van der Waals surface area contributed by atoms with Crippen LogP contribution in [0.3, 0.4) is 0 Å². The molecule has 6 nitrogen and oxygen atoms in total. The molecule has 0 radical (unpaired) electrons. The fourth-order valence-corrected chi connectivity index (χ4v) is 5.05. The predicted molar refractivity (Wildman–Crippen MR) is 135 cm³/mol. The second-order valence-electron chi connectivity index (χ2n) is 8.25. The van der Waals surface area contributed by atoms with Crippen molar-refractivity contribution in [2.24, 2.45) is 0 Å². The lowest BCUT2D eigenvalue weighted by Crippen LogP contribution is -2.42. The molecular formula is C26H24ClN3O3S. The van der Waals surface area contributed by atoms with Crippen molar-refractivity contribution in [2.45, 2.75) is 19.8 Å². The standard InChI is InChI=1S/C26H24ClN3O3S/c1-17(2)19-6-8-21(9-7-19)30-25(32)23(15-18-4-3-5-20(27)14-18)34-26(30)22(16-28)24(31)29-10-12-33-13-11-29/h3-9,14-15,17H,10-13H2,1-2H3/b23-15+,26-22-. The number of hydrogen-bond donors (Lipinski definition) is 0. The number of thiazole rings is 1. The van der Waals surface area contributed by atoms with E-state index in [0.717, 1.165) is 22.5 Å². The summed E-state index contributed by atoms with van der Waals surface area (Å²) in [4.78, 5) is 28.4. The van der Waals surface area contributed by atoms with E-state index in [1.54, 1.807) is 29.2 Å². The van der Waals surface area contributed by atoms with Crippen LogP contribution in [0.4, 0.5) is 0 Å². The van der Waals surface area contributed by atoms with Gasteiger partial charge in [0, 0.05) is 18.1 Å². The summed E-state index contributed by atoms with van der Waals surface area (Å²) in [5.74, 6) is -0.0579. The Morgan fingerprint density at radius 2 is 1.88 bits per heavy atom. The van der Waals surface area contributed by atoms with Crippen LogP contribution < -0.4 is 14.8 Å². The Hall–Kier alpha value is -3.18. The first kappa shape index (κ1) is 24.0. The second-order valence-corrected chi connectivity index (χ2v) is 9.72. The molecule has 2 aromatic carbocycles. The zero-order valence-electron chi connectivity index (χ0n) is 19.0. The molecular weight excluding hydrogens is 470 g/mol. The zero-order chi connectivity index (χ0) is 24.2. The van der Waals surface area contributed by atoms with Crippen molar-refractivity contribution in [3.63, 3.8) is 0 Å². The smallest absolute Gasteiger partial charge is 0.273 e. The molecule has 1 aliphatic rings. The van der Waals surface area contributed by atoms with Crippen molar-refractivity contribution >= 4 is 40.5 Å². The number of rotatable bonds is 4. The fourth-order valence-electron chi connectivity index (χ4n) is 3.75. The number of amides is 1. The first-order valence-electron chi connectivity index (χ1n) is 11.0. The lowest BCUT2D eigenvalue weighted by molar-refractivity contribution is -0.128. The van der Waals surface area contributed by atoms with Crippen LogP contribution in [0.2, 0.25) is 5.02 Å². The Morgan fingerprint density at radius 1 is 1.18 bits per heavy atom. The number of halogens is 1. The molecule has 1 aromatic heterocycles. The summed E-state index contributed by atoms with van der Waals surface area (Å²) in [6.07, 6.45) is 1.73. The molecule has 0 spiro atoms. The van der Waals surface area contributed by atoms with Crippen molar-refractivity contribution in [1.29, 1.82) is 5.26 Å². The normalized spacial score (nSPS) is 15.4. The number of nitrogens with zero attached hydrogens (tertiary/aromatic N) is 3. The largest absolute Gasteiger partial charge is 0.378 e. The van der Waals surface area contributed by atoms with E-state index in [0.29, 0.717) is 52.1 Å². The molecule has 0 bridgehead atoms. The molecule has 1 aliphatic heterocycles. The Kier molecular flexibility index (Phi) is 7.32. The number of carbonyl (C=O) groups is 1. The van der Waals surface area contributed by atoms with Crippen LogP contribution in [0.1, 0.15) is 30.9 Å². The highest BCUT2D eigenvalue weighted by atomic mass is 35.5. The van der Waals surface area contributed by atoms with Gasteiger partial charge >= 0.3 is 0 Å². The van der Waals surface area contributed by atoms with Gasteiger partial charge in [-0.25, -0.2) is 0 Å². The summed E-state index contributed by atoms with van der Waals surface area (Å²) in [5, 5.41) is 10.6. The van der Waals surface area contributed by atoms with E-state index >= 15 is 0 Å². The Bertz CT molecular complexity index is 1430. The number of morpholine rings is 1. The molecule has 0 N–H and O–H groups in total. The van der Waals surface area contributed by atoms with E-state index in [1.807, 2.05) is 30.3 Å². The first-order chi connectivity index (χ1) is 16.4. The number of nitriles is 1. The summed E-state index contributed by atoms with van der Waals surface area (Å²) in [6.45, 7) is 5.85. The molecule has 0 atom stereocenters. The van der Waals surface area contributed by atoms with Crippen molar-refractivity contribution < 1.29 is 9.53 Å². The van der Waals surface area contributed by atoms with Crippen LogP contribution in [0, 0.1) is 11.3 Å². The number of aromatic nitrogens is 1. The highest BCUT2D eigenvalue weighted by Crippen LogP contribution is 2.16. The van der Waals surface area contributed by atoms with Gasteiger partial charge in [-0.1, -0.05) is 49.7 Å². The van der Waals surface area contributed by atoms with Gasteiger partial charge in [0.1, 0.15) is 10.7 Å². The highest BCUT2D eigenvalue weighted by Gasteiger charge is 2.24. The molecule has 1 saturated heterocycles. The molecule has 0 saturated carbocycles. The number of carbonyl (C=O) groups excluding carboxylic acids is 1. The third-order valence-corrected chi connectivity index (χ3v) is 6.95. The predicted octanol–water partition coefficient (Wildman–Crippen LogP) is 3.04. The van der Waals surface area contributed by atoms with E-state index in [4.69, 9.17) is 16.3 Å². The van der Waals surface area contributed by atoms with Crippen molar-refractivity contribution in [3.05, 3.63) is 84.2 Å². The lowest BCUT2D eigenvalue weighted by atomic mass is 10.0. The maximum absolute atomic E-state index is 13.6. The Labute approximate surface area is 206 Å². The number of ether oxygens (including phenoxy) is 1. The summed E-state index contributed by atoms with van der Waals surface area (Å²) >= 11 is 7.25. The maximum Gasteiger partial charge on any atom is 0.273 e. The molecule has 0 aliphatic carbocycles. The molecule has 3 aromatic rings. The average Bonchev–Trinajstić information content (AvgIpc) is 3.15. The third kappa shape index (κ3) is 5.00. The van der Waals surface area contributed by atoms with Crippen LogP contribution in [0.25, 0.3) is 17.3 Å². The van der Waals surface area contributed by atoms with Crippen molar-refractivity contribution in [1.82, 2.24) is 9.47 Å². The number of hydrogen-bond acceptors (Lipinski definition) is 5. The van der Waals surface area contributed by atoms with Gasteiger partial charge in [0.25, 0.3) is 11.5 Å². The summed E-state index contributed by atoms with van der Waals surface area (Å²) in [6, 6.07) is 16.9. The average molecular weight is 494 g/mol. The van der Waals surface area contributed by atoms with Crippen LogP contribution in [-0.2, 0) is 9.53 Å². The van der Waals surface area contributed by atoms with Gasteiger partial charge in [-0.05, 0) is 47.4 Å². The molecule has 1 fully saturated rings. The molecule has 34 heavy (non-hydrogen) atoms. The van der Waals surface area contributed by atoms with Gasteiger partial charge in [0.2, 0.25) is 0 Å². The third-order valence-electron chi connectivity index (χ3n) is 5.63. The van der Waals surface area contributed by atoms with E-state index in [-0.39, 0.29) is 11.1 Å². The Balaban J connectivity index is 1.97. The molecule has 4 rings (SSSR count). The zero-order valence-corrected chi connectivity index (χ0v) is 20.5. The van der Waals surface area contributed by atoms with E-state index < -0.39 is 5.91 Å². The van der Waals surface area contributed by atoms with Crippen LogP contribution >= 0.6 is 22.9 Å². The van der Waals surface area contributed by atoms with Gasteiger partial charge in [-0.3, -0.25) is 14.2 Å². The quantitative estimate of drug-likeness (QED) is 0.560. The minimum atomic E-state index is -0.395. The summed E-state index contributed by atoms with van der Waals surface area (Å²) in [7, 11) is 0. The van der Waals surface area contributed by atoms with Crippen LogP contribution in [-0.4, -0.2) is 41.7 Å². The SMILES string of the molecule is CC(C)c1ccc(-n2c(=O)/c(=C\c3cccc(Cl)c3)s/c2=C(/C#N)C(=O)N2CCOCC2)cc1. The van der Waals surface area contributed by atoms with Crippen LogP contribution in [0.5, 0.6) is 0 Å². The fraction of sp³-hybridized carbons (Fsp3) is 0.269. The lowest BCUT2D eigenvalue weighted by Gasteiger charge is -2.26. The molecule has 174 valence electrons. The van der Waals surface area contributed by atoms with Gasteiger partial charge in [-0.15, -0.1) is 11.3 Å². The van der Waals surface area contributed by atoms with E-state index in [1.165, 1.54) is 4.57 Å². The van der Waals surface area contributed by atoms with E-state index in [2.05, 4.69) is 19.9 Å². The van der Waals surface area contributed by atoms with Crippen LogP contribution in [0.15, 0.2) is 53.3 Å². The minimum Gasteiger partial charge on any atom is -0.378 e. The summed E-state index contributed by atoms with van der Waals surface area (Å²) in [5.41, 5.74) is 2.15. The molecule has 0 unspecified atom stereocenters. The topological polar surface area (TPSA) is 75.3 Å². The molecule has 1 amide bonds. The number of benzene rings is 2. The first-order valence-corrected chi connectivity index (χ1v) is 12.2. The highest BCUT2D eigenvalue weighted by molar-refractivity contribution is 7.07. The summed E-state index contributed by atoms with van der Waals surface area (Å²) < 4.78 is 7.52. The molecule has 2 heterocycles. The van der Waals surface area contributed by atoms with Gasteiger partial charge < -0.3 is 9.64 Å². The molecule has 8 heteroatoms.